The topological polar surface area (TPSA) is 17.1 Å². The second kappa shape index (κ2) is 7.35. The highest BCUT2D eigenvalue weighted by Gasteiger charge is 2.18. The van der Waals surface area contributed by atoms with Gasteiger partial charge >= 0.3 is 0 Å². The molecule has 0 saturated heterocycles. The standard InChI is InChI=1S/C12H9Cl5OS/c1-6-3-4-7(2)8(5-6)19(18)12(17)10(14)9(13)11(15)16/h3-5H,1-2H3. The number of rotatable bonds is 3. The van der Waals surface area contributed by atoms with Crippen molar-refractivity contribution in [3.63, 3.8) is 0 Å². The molecule has 1 nitrogen and oxygen atoms in total. The van der Waals surface area contributed by atoms with Crippen LogP contribution < -0.4 is 0 Å². The van der Waals surface area contributed by atoms with E-state index in [4.69, 9.17) is 58.0 Å². The number of benzene rings is 1. The summed E-state index contributed by atoms with van der Waals surface area (Å²) in [6, 6.07) is 5.54. The fourth-order valence-electron chi connectivity index (χ4n) is 1.25. The maximum absolute atomic E-state index is 12.4. The lowest BCUT2D eigenvalue weighted by Crippen LogP contribution is -1.97. The van der Waals surface area contributed by atoms with Crippen molar-refractivity contribution in [3.05, 3.63) is 48.2 Å². The zero-order valence-electron chi connectivity index (χ0n) is 9.94. The minimum Gasteiger partial charge on any atom is -0.248 e. The van der Waals surface area contributed by atoms with E-state index in [1.54, 1.807) is 6.07 Å². The average molecular weight is 379 g/mol. The molecule has 7 heteroatoms. The van der Waals surface area contributed by atoms with Crippen molar-refractivity contribution in [2.24, 2.45) is 0 Å². The normalized spacial score (nSPS) is 13.8. The molecule has 0 fully saturated rings. The van der Waals surface area contributed by atoms with Gasteiger partial charge in [-0.25, -0.2) is 4.21 Å². The van der Waals surface area contributed by atoms with Crippen LogP contribution in [0, 0.1) is 13.8 Å². The first kappa shape index (κ1) is 17.4. The van der Waals surface area contributed by atoms with Crippen LogP contribution in [-0.4, -0.2) is 4.21 Å². The fourth-order valence-corrected chi connectivity index (χ4v) is 3.50. The molecule has 0 heterocycles. The molecule has 0 aliphatic heterocycles. The molecule has 104 valence electrons. The van der Waals surface area contributed by atoms with Crippen LogP contribution in [0.4, 0.5) is 0 Å². The third-order valence-corrected chi connectivity index (χ3v) is 5.85. The van der Waals surface area contributed by atoms with E-state index in [1.807, 2.05) is 26.0 Å². The van der Waals surface area contributed by atoms with Crippen molar-refractivity contribution >= 4 is 68.8 Å². The third kappa shape index (κ3) is 4.38. The molecule has 1 aromatic carbocycles. The van der Waals surface area contributed by atoms with Crippen LogP contribution in [0.15, 0.2) is 42.0 Å². The van der Waals surface area contributed by atoms with Gasteiger partial charge in [-0.15, -0.1) is 0 Å². The van der Waals surface area contributed by atoms with Crippen LogP contribution in [0.3, 0.4) is 0 Å². The minimum absolute atomic E-state index is 0.112. The zero-order valence-corrected chi connectivity index (χ0v) is 14.5. The second-order valence-electron chi connectivity index (χ2n) is 3.70. The molecule has 0 bridgehead atoms. The van der Waals surface area contributed by atoms with Crippen LogP contribution >= 0.6 is 58.0 Å². The van der Waals surface area contributed by atoms with E-state index in [2.05, 4.69) is 0 Å². The predicted octanol–water partition coefficient (Wildman–Crippen LogP) is 5.94. The Morgan fingerprint density at radius 1 is 1.00 bits per heavy atom. The Balaban J connectivity index is 3.31. The molecule has 1 rings (SSSR count). The smallest absolute Gasteiger partial charge is 0.130 e. The second-order valence-corrected chi connectivity index (χ2v) is 7.39. The van der Waals surface area contributed by atoms with Crippen molar-refractivity contribution in [1.29, 1.82) is 0 Å². The highest BCUT2D eigenvalue weighted by atomic mass is 35.5. The van der Waals surface area contributed by atoms with Crippen LogP contribution in [0.5, 0.6) is 0 Å². The SMILES string of the molecule is Cc1ccc(C)c(S(=O)C(Cl)=C(Cl)C(Cl)=C(Cl)Cl)c1. The summed E-state index contributed by atoms with van der Waals surface area (Å²) in [5, 5.41) is -0.253. The molecular formula is C12H9Cl5OS. The van der Waals surface area contributed by atoms with E-state index in [0.717, 1.165) is 11.1 Å². The number of hydrogen-bond donors (Lipinski definition) is 0. The van der Waals surface area contributed by atoms with E-state index in [1.165, 1.54) is 0 Å². The van der Waals surface area contributed by atoms with Gasteiger partial charge in [0.15, 0.2) is 0 Å². The molecule has 19 heavy (non-hydrogen) atoms. The van der Waals surface area contributed by atoms with Crippen molar-refractivity contribution in [3.8, 4) is 0 Å². The maximum Gasteiger partial charge on any atom is 0.130 e. The summed E-state index contributed by atoms with van der Waals surface area (Å²) >= 11 is 28.7. The predicted molar refractivity (Wildman–Crippen MR) is 85.6 cm³/mol. The number of allylic oxidation sites excluding steroid dienone is 2. The number of halogens is 5. The summed E-state index contributed by atoms with van der Waals surface area (Å²) in [5.74, 6) is 0. The molecule has 0 aliphatic rings. The van der Waals surface area contributed by atoms with E-state index in [-0.39, 0.29) is 18.9 Å². The fraction of sp³-hybridized carbons (Fsp3) is 0.167. The average Bonchev–Trinajstić information content (AvgIpc) is 2.37. The van der Waals surface area contributed by atoms with E-state index in [9.17, 15) is 4.21 Å². The van der Waals surface area contributed by atoms with Gasteiger partial charge in [0, 0.05) is 4.90 Å². The summed E-state index contributed by atoms with van der Waals surface area (Å²) in [4.78, 5) is 0.568. The zero-order chi connectivity index (χ0) is 14.7. The van der Waals surface area contributed by atoms with Gasteiger partial charge in [0.25, 0.3) is 0 Å². The number of hydrogen-bond acceptors (Lipinski definition) is 1. The van der Waals surface area contributed by atoms with Crippen molar-refractivity contribution in [2.45, 2.75) is 18.7 Å². The molecule has 0 aromatic heterocycles. The highest BCUT2D eigenvalue weighted by Crippen LogP contribution is 2.34. The summed E-state index contributed by atoms with van der Waals surface area (Å²) in [6.45, 7) is 3.72. The van der Waals surface area contributed by atoms with Gasteiger partial charge in [0.2, 0.25) is 0 Å². The molecular weight excluding hydrogens is 369 g/mol. The van der Waals surface area contributed by atoms with Gasteiger partial charge in [-0.2, -0.15) is 0 Å². The van der Waals surface area contributed by atoms with Crippen LogP contribution in [-0.2, 0) is 10.8 Å². The van der Waals surface area contributed by atoms with Crippen molar-refractivity contribution < 1.29 is 4.21 Å². The van der Waals surface area contributed by atoms with Gasteiger partial charge in [-0.05, 0) is 31.0 Å². The van der Waals surface area contributed by atoms with Crippen molar-refractivity contribution in [1.82, 2.24) is 0 Å². The molecule has 1 atom stereocenters. The Morgan fingerprint density at radius 3 is 2.11 bits per heavy atom. The lowest BCUT2D eigenvalue weighted by atomic mass is 10.2. The van der Waals surface area contributed by atoms with Gasteiger partial charge in [0.1, 0.15) is 8.86 Å². The third-order valence-electron chi connectivity index (χ3n) is 2.24. The minimum atomic E-state index is -1.64. The summed E-state index contributed by atoms with van der Waals surface area (Å²) < 4.78 is 12.0. The molecule has 0 aliphatic carbocycles. The van der Waals surface area contributed by atoms with Crippen LogP contribution in [0.25, 0.3) is 0 Å². The Bertz CT molecular complexity index is 588. The maximum atomic E-state index is 12.4. The molecule has 1 aromatic rings. The first-order valence-electron chi connectivity index (χ1n) is 5.01. The van der Waals surface area contributed by atoms with Gasteiger partial charge in [-0.1, -0.05) is 70.1 Å². The molecule has 0 N–H and O–H groups in total. The Hall–Kier alpha value is 0.300. The first-order chi connectivity index (χ1) is 8.75. The highest BCUT2D eigenvalue weighted by molar-refractivity contribution is 7.91. The molecule has 0 saturated carbocycles. The van der Waals surface area contributed by atoms with E-state index >= 15 is 0 Å². The summed E-state index contributed by atoms with van der Waals surface area (Å²) in [5.41, 5.74) is 1.80. The van der Waals surface area contributed by atoms with Crippen LogP contribution in [0.1, 0.15) is 11.1 Å². The molecule has 0 amide bonds. The Kier molecular flexibility index (Phi) is 6.71. The van der Waals surface area contributed by atoms with Crippen LogP contribution in [0.2, 0.25) is 0 Å². The monoisotopic (exact) mass is 376 g/mol. The van der Waals surface area contributed by atoms with E-state index < -0.39 is 10.8 Å². The first-order valence-corrected chi connectivity index (χ1v) is 8.05. The lowest BCUT2D eigenvalue weighted by Gasteiger charge is -2.08. The number of aryl methyl sites for hydroxylation is 2. The summed E-state index contributed by atoms with van der Waals surface area (Å²) in [7, 11) is -1.64. The molecule has 0 radical (unpaired) electrons. The molecule has 0 spiro atoms. The largest absolute Gasteiger partial charge is 0.248 e. The Labute approximate surface area is 139 Å². The van der Waals surface area contributed by atoms with Gasteiger partial charge in [-0.3, -0.25) is 0 Å². The lowest BCUT2D eigenvalue weighted by molar-refractivity contribution is 0.687. The van der Waals surface area contributed by atoms with Gasteiger partial charge < -0.3 is 0 Å². The van der Waals surface area contributed by atoms with E-state index in [0.29, 0.717) is 4.90 Å². The summed E-state index contributed by atoms with van der Waals surface area (Å²) in [6.07, 6.45) is 0. The Morgan fingerprint density at radius 2 is 1.58 bits per heavy atom. The molecule has 1 unspecified atom stereocenters. The quantitative estimate of drug-likeness (QED) is 0.595. The van der Waals surface area contributed by atoms with Gasteiger partial charge in [0.05, 0.1) is 20.9 Å². The van der Waals surface area contributed by atoms with Crippen molar-refractivity contribution in [2.75, 3.05) is 0 Å².